The number of hydrogen-bond donors (Lipinski definition) is 2. The molecule has 102 valence electrons. The summed E-state index contributed by atoms with van der Waals surface area (Å²) in [5.41, 5.74) is 0.573. The Morgan fingerprint density at radius 1 is 1.21 bits per heavy atom. The summed E-state index contributed by atoms with van der Waals surface area (Å²) in [6.07, 6.45) is 0.0271. The van der Waals surface area contributed by atoms with Gasteiger partial charge in [-0.05, 0) is 0 Å². The number of carboxylic acids is 1. The van der Waals surface area contributed by atoms with Crippen LogP contribution in [0.4, 0.5) is 0 Å². The van der Waals surface area contributed by atoms with Crippen LogP contribution in [0, 0.1) is 0 Å². The molecule has 1 aliphatic heterocycles. The molecule has 1 atom stereocenters. The SMILES string of the molecule is O=C(C[C@@H](C(=O)O)N1CCNCC1)c1ccccc1. The van der Waals surface area contributed by atoms with E-state index in [9.17, 15) is 14.7 Å². The third-order valence-electron chi connectivity index (χ3n) is 3.35. The van der Waals surface area contributed by atoms with Crippen molar-refractivity contribution in [1.29, 1.82) is 0 Å². The van der Waals surface area contributed by atoms with Crippen molar-refractivity contribution in [3.8, 4) is 0 Å². The molecule has 1 heterocycles. The summed E-state index contributed by atoms with van der Waals surface area (Å²) in [5, 5.41) is 12.5. The number of benzene rings is 1. The van der Waals surface area contributed by atoms with Crippen molar-refractivity contribution in [2.45, 2.75) is 12.5 Å². The molecule has 2 rings (SSSR count). The van der Waals surface area contributed by atoms with Crippen LogP contribution < -0.4 is 5.32 Å². The van der Waals surface area contributed by atoms with Crippen LogP contribution in [-0.2, 0) is 4.79 Å². The monoisotopic (exact) mass is 262 g/mol. The van der Waals surface area contributed by atoms with E-state index in [1.165, 1.54) is 0 Å². The lowest BCUT2D eigenvalue weighted by atomic mass is 10.0. The largest absolute Gasteiger partial charge is 0.480 e. The lowest BCUT2D eigenvalue weighted by Gasteiger charge is -2.32. The number of carbonyl (C=O) groups is 2. The van der Waals surface area contributed by atoms with E-state index in [2.05, 4.69) is 5.32 Å². The second-order valence-electron chi connectivity index (χ2n) is 4.63. The molecular weight excluding hydrogens is 244 g/mol. The maximum atomic E-state index is 12.1. The molecule has 0 unspecified atom stereocenters. The normalized spacial score (nSPS) is 17.9. The Morgan fingerprint density at radius 3 is 2.42 bits per heavy atom. The average Bonchev–Trinajstić information content (AvgIpc) is 2.46. The van der Waals surface area contributed by atoms with Crippen LogP contribution in [0.5, 0.6) is 0 Å². The van der Waals surface area contributed by atoms with Gasteiger partial charge in [0.1, 0.15) is 6.04 Å². The summed E-state index contributed by atoms with van der Waals surface area (Å²) in [4.78, 5) is 25.3. The maximum Gasteiger partial charge on any atom is 0.321 e. The molecule has 0 spiro atoms. The van der Waals surface area contributed by atoms with Crippen molar-refractivity contribution in [2.75, 3.05) is 26.2 Å². The van der Waals surface area contributed by atoms with Gasteiger partial charge >= 0.3 is 5.97 Å². The van der Waals surface area contributed by atoms with Crippen molar-refractivity contribution in [3.63, 3.8) is 0 Å². The summed E-state index contributed by atoms with van der Waals surface area (Å²) < 4.78 is 0. The predicted octanol–water partition coefficient (Wildman–Crippen LogP) is 0.618. The van der Waals surface area contributed by atoms with Crippen LogP contribution in [0.25, 0.3) is 0 Å². The molecule has 19 heavy (non-hydrogen) atoms. The molecule has 5 nitrogen and oxygen atoms in total. The number of carboxylic acid groups (broad SMARTS) is 1. The number of ketones is 1. The molecule has 5 heteroatoms. The smallest absolute Gasteiger partial charge is 0.321 e. The molecule has 1 aromatic carbocycles. The Hall–Kier alpha value is -1.72. The number of nitrogens with one attached hydrogen (secondary N) is 1. The Kier molecular flexibility index (Phi) is 4.65. The van der Waals surface area contributed by atoms with Gasteiger partial charge in [-0.2, -0.15) is 0 Å². The number of Topliss-reactive ketones (excluding diaryl/α,β-unsaturated/α-hetero) is 1. The van der Waals surface area contributed by atoms with Crippen LogP contribution in [0.15, 0.2) is 30.3 Å². The Balaban J connectivity index is 2.04. The van der Waals surface area contributed by atoms with Crippen molar-refractivity contribution >= 4 is 11.8 Å². The fourth-order valence-corrected chi connectivity index (χ4v) is 2.28. The van der Waals surface area contributed by atoms with Gasteiger partial charge in [-0.25, -0.2) is 0 Å². The predicted molar refractivity (Wildman–Crippen MR) is 71.3 cm³/mol. The highest BCUT2D eigenvalue weighted by Crippen LogP contribution is 2.11. The van der Waals surface area contributed by atoms with E-state index in [1.54, 1.807) is 24.3 Å². The van der Waals surface area contributed by atoms with Gasteiger partial charge in [0.2, 0.25) is 0 Å². The lowest BCUT2D eigenvalue weighted by molar-refractivity contribution is -0.143. The first kappa shape index (κ1) is 13.7. The van der Waals surface area contributed by atoms with Gasteiger partial charge in [0.25, 0.3) is 0 Å². The fraction of sp³-hybridized carbons (Fsp3) is 0.429. The standard InChI is InChI=1S/C14H18N2O3/c17-13(11-4-2-1-3-5-11)10-12(14(18)19)16-8-6-15-7-9-16/h1-5,12,15H,6-10H2,(H,18,19)/t12-/m0/s1. The Morgan fingerprint density at radius 2 is 1.84 bits per heavy atom. The maximum absolute atomic E-state index is 12.1. The van der Waals surface area contributed by atoms with E-state index in [4.69, 9.17) is 0 Å². The minimum Gasteiger partial charge on any atom is -0.480 e. The summed E-state index contributed by atoms with van der Waals surface area (Å²) in [5.74, 6) is -1.04. The van der Waals surface area contributed by atoms with Crippen molar-refractivity contribution in [1.82, 2.24) is 10.2 Å². The highest BCUT2D eigenvalue weighted by atomic mass is 16.4. The van der Waals surface area contributed by atoms with Gasteiger partial charge in [0.15, 0.2) is 5.78 Å². The Labute approximate surface area is 112 Å². The molecule has 1 fully saturated rings. The van der Waals surface area contributed by atoms with E-state index in [1.807, 2.05) is 11.0 Å². The first-order valence-electron chi connectivity index (χ1n) is 6.44. The molecule has 1 aromatic rings. The second kappa shape index (κ2) is 6.45. The number of carbonyl (C=O) groups excluding carboxylic acids is 1. The van der Waals surface area contributed by atoms with E-state index >= 15 is 0 Å². The van der Waals surface area contributed by atoms with Gasteiger partial charge in [-0.3, -0.25) is 14.5 Å². The molecule has 0 radical (unpaired) electrons. The van der Waals surface area contributed by atoms with Crippen molar-refractivity contribution in [3.05, 3.63) is 35.9 Å². The summed E-state index contributed by atoms with van der Waals surface area (Å²) in [6, 6.07) is 8.12. The molecule has 0 aromatic heterocycles. The van der Waals surface area contributed by atoms with Gasteiger partial charge in [0, 0.05) is 38.2 Å². The van der Waals surface area contributed by atoms with E-state index in [0.717, 1.165) is 13.1 Å². The van der Waals surface area contributed by atoms with Crippen molar-refractivity contribution < 1.29 is 14.7 Å². The van der Waals surface area contributed by atoms with Gasteiger partial charge in [0.05, 0.1) is 0 Å². The summed E-state index contributed by atoms with van der Waals surface area (Å²) >= 11 is 0. The minimum absolute atomic E-state index is 0.0271. The van der Waals surface area contributed by atoms with E-state index in [-0.39, 0.29) is 12.2 Å². The number of nitrogens with zero attached hydrogens (tertiary/aromatic N) is 1. The van der Waals surface area contributed by atoms with Crippen molar-refractivity contribution in [2.24, 2.45) is 0 Å². The lowest BCUT2D eigenvalue weighted by Crippen LogP contribution is -2.51. The average molecular weight is 262 g/mol. The molecule has 0 saturated carbocycles. The van der Waals surface area contributed by atoms with E-state index in [0.29, 0.717) is 18.7 Å². The molecular formula is C14H18N2O3. The highest BCUT2D eigenvalue weighted by molar-refractivity contribution is 5.98. The molecule has 0 aliphatic carbocycles. The zero-order valence-electron chi connectivity index (χ0n) is 10.7. The van der Waals surface area contributed by atoms with Gasteiger partial charge in [-0.15, -0.1) is 0 Å². The third kappa shape index (κ3) is 3.62. The number of rotatable bonds is 5. The number of aliphatic carboxylic acids is 1. The molecule has 2 N–H and O–H groups in total. The van der Waals surface area contributed by atoms with Gasteiger partial charge < -0.3 is 10.4 Å². The minimum atomic E-state index is -0.925. The molecule has 1 aliphatic rings. The second-order valence-corrected chi connectivity index (χ2v) is 4.63. The molecule has 1 saturated heterocycles. The first-order chi connectivity index (χ1) is 9.18. The van der Waals surface area contributed by atoms with Crippen LogP contribution in [0.2, 0.25) is 0 Å². The summed E-state index contributed by atoms with van der Waals surface area (Å²) in [6.45, 7) is 2.87. The van der Waals surface area contributed by atoms with Crippen LogP contribution in [0.1, 0.15) is 16.8 Å². The third-order valence-corrected chi connectivity index (χ3v) is 3.35. The van der Waals surface area contributed by atoms with Crippen LogP contribution in [-0.4, -0.2) is 54.0 Å². The zero-order valence-corrected chi connectivity index (χ0v) is 10.7. The van der Waals surface area contributed by atoms with Crippen LogP contribution >= 0.6 is 0 Å². The summed E-state index contributed by atoms with van der Waals surface area (Å²) in [7, 11) is 0. The topological polar surface area (TPSA) is 69.6 Å². The fourth-order valence-electron chi connectivity index (χ4n) is 2.28. The zero-order chi connectivity index (χ0) is 13.7. The molecule has 0 amide bonds. The highest BCUT2D eigenvalue weighted by Gasteiger charge is 2.29. The molecule has 0 bridgehead atoms. The number of piperazine rings is 1. The Bertz CT molecular complexity index is 441. The number of hydrogen-bond acceptors (Lipinski definition) is 4. The first-order valence-corrected chi connectivity index (χ1v) is 6.44. The van der Waals surface area contributed by atoms with Crippen LogP contribution in [0.3, 0.4) is 0 Å². The van der Waals surface area contributed by atoms with Gasteiger partial charge in [-0.1, -0.05) is 30.3 Å². The quantitative estimate of drug-likeness (QED) is 0.761. The van der Waals surface area contributed by atoms with E-state index < -0.39 is 12.0 Å².